The molecule has 0 aliphatic heterocycles. The molecule has 0 unspecified atom stereocenters. The number of carbonyl (C=O) groups excluding carboxylic acids is 3. The van der Waals surface area contributed by atoms with E-state index in [0.29, 0.717) is 11.3 Å². The van der Waals surface area contributed by atoms with Gasteiger partial charge in [0, 0.05) is 11.8 Å². The largest absolute Gasteiger partial charge is 0.455 e. The van der Waals surface area contributed by atoms with E-state index in [0.717, 1.165) is 0 Å². The number of nitrogens with one attached hydrogen (secondary N) is 1. The summed E-state index contributed by atoms with van der Waals surface area (Å²) in [5, 5.41) is 2.16. The summed E-state index contributed by atoms with van der Waals surface area (Å²) in [7, 11) is 0. The summed E-state index contributed by atoms with van der Waals surface area (Å²) in [5.41, 5.74) is 0.478. The number of ether oxygens (including phenoxy) is 2. The average Bonchev–Trinajstić information content (AvgIpc) is 2.74. The molecule has 1 aromatic heterocycles. The third kappa shape index (κ3) is 5.01. The molecule has 7 nitrogen and oxygen atoms in total. The van der Waals surface area contributed by atoms with Crippen molar-refractivity contribution in [3.63, 3.8) is 0 Å². The molecule has 0 aliphatic rings. The minimum absolute atomic E-state index is 0.147. The lowest BCUT2D eigenvalue weighted by Crippen LogP contribution is -2.34. The van der Waals surface area contributed by atoms with Crippen molar-refractivity contribution < 1.29 is 23.9 Å². The highest BCUT2D eigenvalue weighted by molar-refractivity contribution is 6.05. The van der Waals surface area contributed by atoms with E-state index < -0.39 is 24.4 Å². The van der Waals surface area contributed by atoms with Crippen LogP contribution in [0.5, 0.6) is 11.5 Å². The van der Waals surface area contributed by atoms with Gasteiger partial charge in [-0.1, -0.05) is 30.3 Å². The molecule has 140 valence electrons. The van der Waals surface area contributed by atoms with Gasteiger partial charge in [0.1, 0.15) is 17.1 Å². The number of rotatable bonds is 6. The van der Waals surface area contributed by atoms with Crippen molar-refractivity contribution in [3.8, 4) is 11.5 Å². The Bertz CT molecular complexity index is 974. The number of hydrogen-bond acceptors (Lipinski definition) is 6. The molecule has 7 heteroatoms. The van der Waals surface area contributed by atoms with E-state index in [4.69, 9.17) is 9.47 Å². The minimum atomic E-state index is -0.748. The monoisotopic (exact) mass is 376 g/mol. The van der Waals surface area contributed by atoms with Gasteiger partial charge in [-0.25, -0.2) is 4.79 Å². The number of amides is 2. The first-order chi connectivity index (χ1) is 13.6. The van der Waals surface area contributed by atoms with Crippen LogP contribution in [0.1, 0.15) is 20.7 Å². The summed E-state index contributed by atoms with van der Waals surface area (Å²) < 4.78 is 10.6. The van der Waals surface area contributed by atoms with Gasteiger partial charge in [0.2, 0.25) is 0 Å². The molecule has 0 bridgehead atoms. The van der Waals surface area contributed by atoms with Gasteiger partial charge < -0.3 is 9.47 Å². The number of imide groups is 1. The van der Waals surface area contributed by atoms with Gasteiger partial charge in [-0.2, -0.15) is 0 Å². The van der Waals surface area contributed by atoms with Gasteiger partial charge in [-0.15, -0.1) is 0 Å². The predicted octanol–water partition coefficient (Wildman–Crippen LogP) is 2.99. The molecule has 2 aromatic carbocycles. The van der Waals surface area contributed by atoms with Crippen molar-refractivity contribution in [1.29, 1.82) is 0 Å². The first kappa shape index (κ1) is 18.8. The highest BCUT2D eigenvalue weighted by Gasteiger charge is 2.17. The zero-order valence-electron chi connectivity index (χ0n) is 14.7. The zero-order chi connectivity index (χ0) is 19.8. The molecule has 2 amide bonds. The molecular weight excluding hydrogens is 360 g/mol. The summed E-state index contributed by atoms with van der Waals surface area (Å²) in [4.78, 5) is 40.1. The fourth-order valence-corrected chi connectivity index (χ4v) is 2.29. The molecule has 0 fully saturated rings. The van der Waals surface area contributed by atoms with Crippen LogP contribution in [0, 0.1) is 0 Å². The van der Waals surface area contributed by atoms with E-state index in [9.17, 15) is 14.4 Å². The first-order valence-electron chi connectivity index (χ1n) is 8.37. The lowest BCUT2D eigenvalue weighted by molar-refractivity contribution is -0.123. The quantitative estimate of drug-likeness (QED) is 0.665. The maximum Gasteiger partial charge on any atom is 0.342 e. The predicted molar refractivity (Wildman–Crippen MR) is 100.0 cm³/mol. The van der Waals surface area contributed by atoms with Crippen molar-refractivity contribution in [3.05, 3.63) is 90.3 Å². The highest BCUT2D eigenvalue weighted by Crippen LogP contribution is 2.25. The van der Waals surface area contributed by atoms with Crippen molar-refractivity contribution in [2.45, 2.75) is 0 Å². The summed E-state index contributed by atoms with van der Waals surface area (Å²) in [5.74, 6) is -1.33. The van der Waals surface area contributed by atoms with E-state index in [-0.39, 0.29) is 11.3 Å². The van der Waals surface area contributed by atoms with Crippen molar-refractivity contribution in [2.24, 2.45) is 0 Å². The first-order valence-corrected chi connectivity index (χ1v) is 8.37. The maximum absolute atomic E-state index is 12.3. The van der Waals surface area contributed by atoms with E-state index in [1.807, 2.05) is 0 Å². The van der Waals surface area contributed by atoms with Crippen LogP contribution in [0.15, 0.2) is 79.1 Å². The van der Waals surface area contributed by atoms with Crippen LogP contribution in [-0.4, -0.2) is 29.4 Å². The second-order valence-electron chi connectivity index (χ2n) is 5.61. The van der Waals surface area contributed by atoms with Crippen LogP contribution >= 0.6 is 0 Å². The van der Waals surface area contributed by atoms with E-state index in [2.05, 4.69) is 10.3 Å². The van der Waals surface area contributed by atoms with Crippen LogP contribution in [0.3, 0.4) is 0 Å². The molecule has 28 heavy (non-hydrogen) atoms. The Hall–Kier alpha value is -4.00. The van der Waals surface area contributed by atoms with E-state index in [1.165, 1.54) is 12.3 Å². The second kappa shape index (κ2) is 9.09. The molecule has 3 rings (SSSR count). The minimum Gasteiger partial charge on any atom is -0.455 e. The third-order valence-corrected chi connectivity index (χ3v) is 3.59. The Balaban J connectivity index is 1.59. The topological polar surface area (TPSA) is 94.6 Å². The van der Waals surface area contributed by atoms with Gasteiger partial charge in [0.25, 0.3) is 11.8 Å². The number of esters is 1. The normalized spacial score (nSPS) is 10.0. The maximum atomic E-state index is 12.3. The van der Waals surface area contributed by atoms with Gasteiger partial charge in [-0.3, -0.25) is 19.9 Å². The third-order valence-electron chi connectivity index (χ3n) is 3.59. The molecular formula is C21H16N2O5. The molecule has 1 heterocycles. The summed E-state index contributed by atoms with van der Waals surface area (Å²) in [6.07, 6.45) is 3.10. The average molecular weight is 376 g/mol. The number of nitrogens with zero attached hydrogens (tertiary/aromatic N) is 1. The SMILES string of the molecule is O=C(COC(=O)c1ccccc1Oc1cccnc1)NC(=O)c1ccccc1. The summed E-state index contributed by atoms with van der Waals surface area (Å²) in [6, 6.07) is 18.1. The fourth-order valence-electron chi connectivity index (χ4n) is 2.29. The number of para-hydroxylation sites is 1. The smallest absolute Gasteiger partial charge is 0.342 e. The van der Waals surface area contributed by atoms with Crippen molar-refractivity contribution in [1.82, 2.24) is 10.3 Å². The molecule has 0 saturated heterocycles. The van der Waals surface area contributed by atoms with Crippen LogP contribution in [0.2, 0.25) is 0 Å². The zero-order valence-corrected chi connectivity index (χ0v) is 14.7. The molecule has 3 aromatic rings. The highest BCUT2D eigenvalue weighted by atomic mass is 16.5. The van der Waals surface area contributed by atoms with Crippen LogP contribution in [-0.2, 0) is 9.53 Å². The summed E-state index contributed by atoms with van der Waals surface area (Å²) in [6.45, 7) is -0.599. The number of carbonyl (C=O) groups is 3. The van der Waals surface area contributed by atoms with Gasteiger partial charge >= 0.3 is 5.97 Å². The Kier molecular flexibility index (Phi) is 6.10. The standard InChI is InChI=1S/C21H16N2O5/c24-19(23-20(25)15-7-2-1-3-8-15)14-27-21(26)17-10-4-5-11-18(17)28-16-9-6-12-22-13-16/h1-13H,14H2,(H,23,24,25). The molecule has 0 saturated carbocycles. The Labute approximate surface area is 160 Å². The Morgan fingerprint density at radius 3 is 2.39 bits per heavy atom. The van der Waals surface area contributed by atoms with Gasteiger partial charge in [0.05, 0.1) is 6.20 Å². The lowest BCUT2D eigenvalue weighted by Gasteiger charge is -2.10. The van der Waals surface area contributed by atoms with Gasteiger partial charge in [-0.05, 0) is 36.4 Å². The van der Waals surface area contributed by atoms with Crippen molar-refractivity contribution in [2.75, 3.05) is 6.61 Å². The van der Waals surface area contributed by atoms with Crippen LogP contribution in [0.25, 0.3) is 0 Å². The summed E-state index contributed by atoms with van der Waals surface area (Å²) >= 11 is 0. The Morgan fingerprint density at radius 2 is 1.64 bits per heavy atom. The number of hydrogen-bond donors (Lipinski definition) is 1. The molecule has 0 aliphatic carbocycles. The molecule has 0 atom stereocenters. The van der Waals surface area contributed by atoms with E-state index >= 15 is 0 Å². The molecule has 1 N–H and O–H groups in total. The Morgan fingerprint density at radius 1 is 0.893 bits per heavy atom. The number of aromatic nitrogens is 1. The van der Waals surface area contributed by atoms with Crippen LogP contribution < -0.4 is 10.1 Å². The molecule has 0 spiro atoms. The fraction of sp³-hybridized carbons (Fsp3) is 0.0476. The lowest BCUT2D eigenvalue weighted by atomic mass is 10.2. The number of benzene rings is 2. The van der Waals surface area contributed by atoms with E-state index in [1.54, 1.807) is 66.9 Å². The molecule has 0 radical (unpaired) electrons. The second-order valence-corrected chi connectivity index (χ2v) is 5.61. The van der Waals surface area contributed by atoms with Crippen LogP contribution in [0.4, 0.5) is 0 Å². The van der Waals surface area contributed by atoms with Crippen molar-refractivity contribution >= 4 is 17.8 Å². The number of pyridine rings is 1. The van der Waals surface area contributed by atoms with Gasteiger partial charge in [0.15, 0.2) is 6.61 Å².